The minimum Gasteiger partial charge on any atom is -0.324 e. The summed E-state index contributed by atoms with van der Waals surface area (Å²) in [6.07, 6.45) is 1.85. The van der Waals surface area contributed by atoms with E-state index in [9.17, 15) is 17.6 Å². The van der Waals surface area contributed by atoms with Crippen LogP contribution in [0.15, 0.2) is 18.2 Å². The second-order valence-electron chi connectivity index (χ2n) is 5.46. The molecule has 0 saturated carbocycles. The zero-order valence-corrected chi connectivity index (χ0v) is 14.3. The quantitative estimate of drug-likeness (QED) is 0.877. The molecule has 0 aliphatic carbocycles. The second kappa shape index (κ2) is 7.57. The predicted molar refractivity (Wildman–Crippen MR) is 87.5 cm³/mol. The lowest BCUT2D eigenvalue weighted by atomic mass is 10.3. The second-order valence-corrected chi connectivity index (χ2v) is 7.85. The van der Waals surface area contributed by atoms with Gasteiger partial charge in [0, 0.05) is 19.6 Å². The van der Waals surface area contributed by atoms with E-state index in [0.29, 0.717) is 38.3 Å². The van der Waals surface area contributed by atoms with Gasteiger partial charge in [0.25, 0.3) is 0 Å². The van der Waals surface area contributed by atoms with Crippen molar-refractivity contribution in [3.05, 3.63) is 29.0 Å². The highest BCUT2D eigenvalue weighted by Crippen LogP contribution is 2.22. The molecule has 0 radical (unpaired) electrons. The van der Waals surface area contributed by atoms with Crippen LogP contribution in [0, 0.1) is 5.82 Å². The fourth-order valence-electron chi connectivity index (χ4n) is 2.42. The van der Waals surface area contributed by atoms with Crippen LogP contribution in [0.1, 0.15) is 6.42 Å². The van der Waals surface area contributed by atoms with Crippen LogP contribution in [0.2, 0.25) is 5.02 Å². The highest BCUT2D eigenvalue weighted by molar-refractivity contribution is 7.88. The Hall–Kier alpha value is -1.22. The third kappa shape index (κ3) is 5.42. The summed E-state index contributed by atoms with van der Waals surface area (Å²) in [5.74, 6) is -0.743. The number of carbonyl (C=O) groups is 1. The average molecular weight is 364 g/mol. The summed E-state index contributed by atoms with van der Waals surface area (Å²) >= 11 is 5.87. The van der Waals surface area contributed by atoms with Gasteiger partial charge < -0.3 is 5.32 Å². The molecule has 1 amide bonds. The van der Waals surface area contributed by atoms with Gasteiger partial charge in [-0.05, 0) is 31.2 Å². The number of nitrogens with zero attached hydrogens (tertiary/aromatic N) is 2. The van der Waals surface area contributed by atoms with Gasteiger partial charge in [-0.1, -0.05) is 11.6 Å². The van der Waals surface area contributed by atoms with Crippen LogP contribution < -0.4 is 5.32 Å². The van der Waals surface area contributed by atoms with Crippen molar-refractivity contribution >= 4 is 33.2 Å². The Morgan fingerprint density at radius 1 is 1.30 bits per heavy atom. The first-order valence-electron chi connectivity index (χ1n) is 7.18. The maximum Gasteiger partial charge on any atom is 0.238 e. The predicted octanol–water partition coefficient (Wildman–Crippen LogP) is 1.38. The van der Waals surface area contributed by atoms with Crippen LogP contribution >= 0.6 is 11.6 Å². The third-order valence-electron chi connectivity index (χ3n) is 3.59. The molecule has 1 N–H and O–H groups in total. The molecule has 0 spiro atoms. The number of sulfonamides is 1. The lowest BCUT2D eigenvalue weighted by Gasteiger charge is -2.20. The molecule has 0 atom stereocenters. The molecule has 9 heteroatoms. The molecule has 1 aliphatic heterocycles. The van der Waals surface area contributed by atoms with Gasteiger partial charge in [-0.2, -0.15) is 0 Å². The van der Waals surface area contributed by atoms with E-state index >= 15 is 0 Å². The lowest BCUT2D eigenvalue weighted by molar-refractivity contribution is -0.117. The smallest absolute Gasteiger partial charge is 0.238 e. The fourth-order valence-corrected chi connectivity index (χ4v) is 3.51. The standard InChI is InChI=1S/C14H19ClFN3O3S/c1-23(21,22)19-6-2-5-18(7-8-19)10-14(20)17-13-4-3-11(16)9-12(13)15/h3-4,9H,2,5-8,10H2,1H3,(H,17,20). The van der Waals surface area contributed by atoms with Crippen molar-refractivity contribution in [1.29, 1.82) is 0 Å². The average Bonchev–Trinajstić information content (AvgIpc) is 2.67. The van der Waals surface area contributed by atoms with E-state index in [1.54, 1.807) is 0 Å². The molecule has 1 aliphatic rings. The van der Waals surface area contributed by atoms with Crippen molar-refractivity contribution in [2.24, 2.45) is 0 Å². The number of amides is 1. The highest BCUT2D eigenvalue weighted by Gasteiger charge is 2.22. The van der Waals surface area contributed by atoms with Crippen molar-refractivity contribution in [1.82, 2.24) is 9.21 Å². The zero-order valence-electron chi connectivity index (χ0n) is 12.8. The van der Waals surface area contributed by atoms with Crippen LogP contribution in [-0.4, -0.2) is 62.5 Å². The molecule has 1 aromatic rings. The summed E-state index contributed by atoms with van der Waals surface area (Å²) in [5, 5.41) is 2.77. The van der Waals surface area contributed by atoms with Gasteiger partial charge >= 0.3 is 0 Å². The number of nitrogens with one attached hydrogen (secondary N) is 1. The topological polar surface area (TPSA) is 69.7 Å². The number of hydrogen-bond donors (Lipinski definition) is 1. The summed E-state index contributed by atoms with van der Waals surface area (Å²) < 4.78 is 37.5. The summed E-state index contributed by atoms with van der Waals surface area (Å²) in [6, 6.07) is 3.76. The molecule has 0 unspecified atom stereocenters. The van der Waals surface area contributed by atoms with Crippen LogP contribution in [-0.2, 0) is 14.8 Å². The summed E-state index contributed by atoms with van der Waals surface area (Å²) in [7, 11) is -3.21. The van der Waals surface area contributed by atoms with E-state index < -0.39 is 15.8 Å². The molecule has 1 fully saturated rings. The SMILES string of the molecule is CS(=O)(=O)N1CCCN(CC(=O)Nc2ccc(F)cc2Cl)CC1. The van der Waals surface area contributed by atoms with E-state index in [0.717, 1.165) is 6.07 Å². The Balaban J connectivity index is 1.90. The Kier molecular flexibility index (Phi) is 5.96. The molecule has 1 heterocycles. The highest BCUT2D eigenvalue weighted by atomic mass is 35.5. The Morgan fingerprint density at radius 2 is 2.04 bits per heavy atom. The molecule has 0 bridgehead atoms. The normalized spacial score (nSPS) is 17.7. The van der Waals surface area contributed by atoms with Crippen molar-refractivity contribution in [3.63, 3.8) is 0 Å². The van der Waals surface area contributed by atoms with Crippen LogP contribution in [0.25, 0.3) is 0 Å². The molecule has 23 heavy (non-hydrogen) atoms. The number of rotatable bonds is 4. The molecule has 1 aromatic carbocycles. The summed E-state index contributed by atoms with van der Waals surface area (Å²) in [5.41, 5.74) is 0.352. The van der Waals surface area contributed by atoms with E-state index in [1.807, 2.05) is 4.90 Å². The van der Waals surface area contributed by atoms with Crippen molar-refractivity contribution in [2.45, 2.75) is 6.42 Å². The third-order valence-corrected chi connectivity index (χ3v) is 5.20. The van der Waals surface area contributed by atoms with E-state index in [1.165, 1.54) is 22.7 Å². The van der Waals surface area contributed by atoms with Crippen molar-refractivity contribution in [2.75, 3.05) is 44.3 Å². The van der Waals surface area contributed by atoms with Gasteiger partial charge in [-0.25, -0.2) is 17.1 Å². The number of halogens is 2. The van der Waals surface area contributed by atoms with Crippen LogP contribution in [0.5, 0.6) is 0 Å². The minimum absolute atomic E-state index is 0.130. The Morgan fingerprint density at radius 3 is 2.70 bits per heavy atom. The van der Waals surface area contributed by atoms with E-state index in [-0.39, 0.29) is 17.5 Å². The first kappa shape index (κ1) is 18.1. The van der Waals surface area contributed by atoms with Gasteiger partial charge in [-0.15, -0.1) is 0 Å². The Labute approximate surface area is 140 Å². The monoisotopic (exact) mass is 363 g/mol. The minimum atomic E-state index is -3.21. The number of hydrogen-bond acceptors (Lipinski definition) is 4. The zero-order chi connectivity index (χ0) is 17.0. The maximum absolute atomic E-state index is 13.0. The van der Waals surface area contributed by atoms with Crippen molar-refractivity contribution in [3.8, 4) is 0 Å². The van der Waals surface area contributed by atoms with Gasteiger partial charge in [0.15, 0.2) is 0 Å². The molecular weight excluding hydrogens is 345 g/mol. The molecular formula is C14H19ClFN3O3S. The molecule has 128 valence electrons. The maximum atomic E-state index is 13.0. The largest absolute Gasteiger partial charge is 0.324 e. The number of anilines is 1. The van der Waals surface area contributed by atoms with Gasteiger partial charge in [0.05, 0.1) is 23.5 Å². The summed E-state index contributed by atoms with van der Waals surface area (Å²) in [6.45, 7) is 2.07. The van der Waals surface area contributed by atoms with E-state index in [4.69, 9.17) is 11.6 Å². The molecule has 0 aromatic heterocycles. The van der Waals surface area contributed by atoms with E-state index in [2.05, 4.69) is 5.32 Å². The summed E-state index contributed by atoms with van der Waals surface area (Å²) in [4.78, 5) is 14.0. The molecule has 2 rings (SSSR count). The number of carbonyl (C=O) groups excluding carboxylic acids is 1. The van der Waals surface area contributed by atoms with Gasteiger partial charge in [0.2, 0.25) is 15.9 Å². The van der Waals surface area contributed by atoms with Gasteiger partial charge in [0.1, 0.15) is 5.82 Å². The van der Waals surface area contributed by atoms with Crippen LogP contribution in [0.3, 0.4) is 0 Å². The Bertz CT molecular complexity index is 684. The molecule has 6 nitrogen and oxygen atoms in total. The van der Waals surface area contributed by atoms with Crippen LogP contribution in [0.4, 0.5) is 10.1 Å². The lowest BCUT2D eigenvalue weighted by Crippen LogP contribution is -2.37. The first-order chi connectivity index (χ1) is 10.8. The fraction of sp³-hybridized carbons (Fsp3) is 0.500. The molecule has 1 saturated heterocycles. The van der Waals surface area contributed by atoms with Gasteiger partial charge in [-0.3, -0.25) is 9.69 Å². The number of benzene rings is 1. The first-order valence-corrected chi connectivity index (χ1v) is 9.41. The van der Waals surface area contributed by atoms with Crippen molar-refractivity contribution < 1.29 is 17.6 Å².